The Hall–Kier alpha value is -1.36. The highest BCUT2D eigenvalue weighted by atomic mass is 35.5. The minimum atomic E-state index is 0.586. The van der Waals surface area contributed by atoms with Crippen LogP contribution in [-0.2, 0) is 6.54 Å². The van der Waals surface area contributed by atoms with Crippen LogP contribution in [0.3, 0.4) is 0 Å². The van der Waals surface area contributed by atoms with Crippen molar-refractivity contribution in [2.24, 2.45) is 0 Å². The Kier molecular flexibility index (Phi) is 5.59. The van der Waals surface area contributed by atoms with Gasteiger partial charge in [-0.05, 0) is 18.6 Å². The van der Waals surface area contributed by atoms with E-state index in [9.17, 15) is 0 Å². The molecule has 0 unspecified atom stereocenters. The van der Waals surface area contributed by atoms with Gasteiger partial charge in [-0.25, -0.2) is 0 Å². The van der Waals surface area contributed by atoms with Crippen LogP contribution in [0.4, 0.5) is 5.69 Å². The summed E-state index contributed by atoms with van der Waals surface area (Å²) in [5.41, 5.74) is 3.11. The molecule has 0 fully saturated rings. The Morgan fingerprint density at radius 1 is 1.05 bits per heavy atom. The van der Waals surface area contributed by atoms with E-state index in [-0.39, 0.29) is 0 Å². The molecule has 0 spiro atoms. The molecule has 2 N–H and O–H groups in total. The van der Waals surface area contributed by atoms with Crippen molar-refractivity contribution < 1.29 is 0 Å². The zero-order chi connectivity index (χ0) is 14.4. The maximum absolute atomic E-state index is 6.05. The summed E-state index contributed by atoms with van der Waals surface area (Å²) in [4.78, 5) is 7.99. The van der Waals surface area contributed by atoms with Crippen LogP contribution < -0.4 is 10.6 Å². The van der Waals surface area contributed by atoms with Gasteiger partial charge in [0.25, 0.3) is 0 Å². The SMILES string of the molecule is Cc1cnccc1NCCNCc1c(Cl)cncc1Cl. The molecular formula is C14H16Cl2N4. The number of nitrogens with one attached hydrogen (secondary N) is 2. The number of hydrogen-bond donors (Lipinski definition) is 2. The zero-order valence-electron chi connectivity index (χ0n) is 11.2. The topological polar surface area (TPSA) is 49.8 Å². The zero-order valence-corrected chi connectivity index (χ0v) is 12.7. The van der Waals surface area contributed by atoms with Gasteiger partial charge in [0.2, 0.25) is 0 Å². The van der Waals surface area contributed by atoms with Gasteiger partial charge in [0.05, 0.1) is 10.0 Å². The number of halogens is 2. The second kappa shape index (κ2) is 7.43. The van der Waals surface area contributed by atoms with Gasteiger partial charge in [-0.2, -0.15) is 0 Å². The first-order chi connectivity index (χ1) is 9.68. The fraction of sp³-hybridized carbons (Fsp3) is 0.286. The van der Waals surface area contributed by atoms with Crippen molar-refractivity contribution in [3.8, 4) is 0 Å². The first-order valence-electron chi connectivity index (χ1n) is 6.31. The van der Waals surface area contributed by atoms with Crippen molar-refractivity contribution in [3.05, 3.63) is 52.0 Å². The quantitative estimate of drug-likeness (QED) is 0.804. The van der Waals surface area contributed by atoms with Crippen molar-refractivity contribution in [1.29, 1.82) is 0 Å². The van der Waals surface area contributed by atoms with Crippen molar-refractivity contribution in [2.75, 3.05) is 18.4 Å². The maximum Gasteiger partial charge on any atom is 0.0649 e. The molecule has 0 saturated carbocycles. The lowest BCUT2D eigenvalue weighted by Crippen LogP contribution is -2.22. The standard InChI is InChI=1S/C14H16Cl2N4/c1-10-6-17-3-2-14(10)20-5-4-18-7-11-12(15)8-19-9-13(11)16/h2-3,6,8-9,18H,4-5,7H2,1H3,(H,17,20). The number of rotatable bonds is 6. The molecule has 106 valence electrons. The van der Waals surface area contributed by atoms with Crippen LogP contribution in [0.15, 0.2) is 30.9 Å². The van der Waals surface area contributed by atoms with Crippen LogP contribution in [0.2, 0.25) is 10.0 Å². The summed E-state index contributed by atoms with van der Waals surface area (Å²) in [5, 5.41) is 7.82. The van der Waals surface area contributed by atoms with E-state index in [4.69, 9.17) is 23.2 Å². The fourth-order valence-corrected chi connectivity index (χ4v) is 2.28. The molecular weight excluding hydrogens is 295 g/mol. The third-order valence-electron chi connectivity index (χ3n) is 2.89. The average molecular weight is 311 g/mol. The second-order valence-corrected chi connectivity index (χ2v) is 5.19. The summed E-state index contributed by atoms with van der Waals surface area (Å²) in [6.07, 6.45) is 6.82. The number of hydrogen-bond acceptors (Lipinski definition) is 4. The van der Waals surface area contributed by atoms with Crippen LogP contribution in [-0.4, -0.2) is 23.1 Å². The predicted octanol–water partition coefficient (Wildman–Crippen LogP) is 3.29. The molecule has 0 saturated heterocycles. The van der Waals surface area contributed by atoms with Gasteiger partial charge in [0, 0.05) is 55.7 Å². The van der Waals surface area contributed by atoms with E-state index < -0.39 is 0 Å². The van der Waals surface area contributed by atoms with E-state index in [1.165, 1.54) is 0 Å². The molecule has 0 bridgehead atoms. The first-order valence-corrected chi connectivity index (χ1v) is 7.07. The Labute approximate surface area is 128 Å². The van der Waals surface area contributed by atoms with Gasteiger partial charge in [0.15, 0.2) is 0 Å². The van der Waals surface area contributed by atoms with Crippen LogP contribution in [0, 0.1) is 6.92 Å². The molecule has 0 aliphatic heterocycles. The lowest BCUT2D eigenvalue weighted by molar-refractivity contribution is 0.706. The molecule has 0 aliphatic rings. The highest BCUT2D eigenvalue weighted by Gasteiger charge is 2.05. The molecule has 2 rings (SSSR count). The number of anilines is 1. The summed E-state index contributed by atoms with van der Waals surface area (Å²) in [6.45, 7) is 4.26. The highest BCUT2D eigenvalue weighted by Crippen LogP contribution is 2.22. The van der Waals surface area contributed by atoms with Gasteiger partial charge in [-0.1, -0.05) is 23.2 Å². The molecule has 0 radical (unpaired) electrons. The normalized spacial score (nSPS) is 10.6. The maximum atomic E-state index is 6.05. The molecule has 20 heavy (non-hydrogen) atoms. The Morgan fingerprint density at radius 2 is 1.80 bits per heavy atom. The number of aromatic nitrogens is 2. The number of aryl methyl sites for hydroxylation is 1. The molecule has 2 aromatic rings. The molecule has 0 aromatic carbocycles. The largest absolute Gasteiger partial charge is 0.383 e. The number of pyridine rings is 2. The lowest BCUT2D eigenvalue weighted by atomic mass is 10.2. The van der Waals surface area contributed by atoms with Crippen molar-refractivity contribution in [1.82, 2.24) is 15.3 Å². The van der Waals surface area contributed by atoms with Crippen LogP contribution in [0.25, 0.3) is 0 Å². The Morgan fingerprint density at radius 3 is 2.50 bits per heavy atom. The van der Waals surface area contributed by atoms with Crippen LogP contribution in [0.5, 0.6) is 0 Å². The van der Waals surface area contributed by atoms with Gasteiger partial charge < -0.3 is 10.6 Å². The lowest BCUT2D eigenvalue weighted by Gasteiger charge is -2.11. The minimum absolute atomic E-state index is 0.586. The van der Waals surface area contributed by atoms with E-state index in [1.54, 1.807) is 18.6 Å². The van der Waals surface area contributed by atoms with E-state index in [0.29, 0.717) is 16.6 Å². The van der Waals surface area contributed by atoms with Crippen LogP contribution in [0.1, 0.15) is 11.1 Å². The summed E-state index contributed by atoms with van der Waals surface area (Å²) in [6, 6.07) is 1.96. The molecule has 4 nitrogen and oxygen atoms in total. The van der Waals surface area contributed by atoms with Crippen molar-refractivity contribution >= 4 is 28.9 Å². The van der Waals surface area contributed by atoms with Crippen LogP contribution >= 0.6 is 23.2 Å². The molecule has 6 heteroatoms. The first kappa shape index (κ1) is 15.0. The molecule has 0 atom stereocenters. The highest BCUT2D eigenvalue weighted by molar-refractivity contribution is 6.35. The van der Waals surface area contributed by atoms with E-state index >= 15 is 0 Å². The molecule has 2 heterocycles. The Balaban J connectivity index is 1.76. The van der Waals surface area contributed by atoms with Gasteiger partial charge in [-0.3, -0.25) is 9.97 Å². The van der Waals surface area contributed by atoms with E-state index in [0.717, 1.165) is 29.9 Å². The predicted molar refractivity (Wildman–Crippen MR) is 83.4 cm³/mol. The summed E-state index contributed by atoms with van der Waals surface area (Å²) < 4.78 is 0. The van der Waals surface area contributed by atoms with E-state index in [2.05, 4.69) is 20.6 Å². The second-order valence-electron chi connectivity index (χ2n) is 4.38. The fourth-order valence-electron chi connectivity index (χ4n) is 1.78. The monoisotopic (exact) mass is 310 g/mol. The van der Waals surface area contributed by atoms with Gasteiger partial charge >= 0.3 is 0 Å². The van der Waals surface area contributed by atoms with Gasteiger partial charge in [0.1, 0.15) is 0 Å². The third kappa shape index (κ3) is 4.07. The molecule has 0 aliphatic carbocycles. The molecule has 0 amide bonds. The molecule has 2 aromatic heterocycles. The summed E-state index contributed by atoms with van der Waals surface area (Å²) in [7, 11) is 0. The number of nitrogens with zero attached hydrogens (tertiary/aromatic N) is 2. The minimum Gasteiger partial charge on any atom is -0.383 e. The summed E-state index contributed by atoms with van der Waals surface area (Å²) in [5.74, 6) is 0. The average Bonchev–Trinajstić information content (AvgIpc) is 2.43. The smallest absolute Gasteiger partial charge is 0.0649 e. The summed E-state index contributed by atoms with van der Waals surface area (Å²) >= 11 is 12.1. The Bertz CT molecular complexity index is 555. The van der Waals surface area contributed by atoms with Crippen molar-refractivity contribution in [3.63, 3.8) is 0 Å². The van der Waals surface area contributed by atoms with Gasteiger partial charge in [-0.15, -0.1) is 0 Å². The van der Waals surface area contributed by atoms with Crippen molar-refractivity contribution in [2.45, 2.75) is 13.5 Å². The third-order valence-corrected chi connectivity index (χ3v) is 3.54. The van der Waals surface area contributed by atoms with E-state index in [1.807, 2.05) is 19.2 Å².